The van der Waals surface area contributed by atoms with E-state index in [1.807, 2.05) is 28.0 Å². The number of aromatic nitrogens is 2. The zero-order valence-electron chi connectivity index (χ0n) is 14.9. The van der Waals surface area contributed by atoms with Crippen LogP contribution in [-0.4, -0.2) is 63.9 Å². The molecule has 3 amide bonds. The van der Waals surface area contributed by atoms with Gasteiger partial charge in [0.15, 0.2) is 0 Å². The molecule has 26 heavy (non-hydrogen) atoms. The number of rotatable bonds is 2. The summed E-state index contributed by atoms with van der Waals surface area (Å²) >= 11 is 0. The van der Waals surface area contributed by atoms with Crippen LogP contribution >= 0.6 is 0 Å². The van der Waals surface area contributed by atoms with Crippen LogP contribution in [0.25, 0.3) is 11.0 Å². The van der Waals surface area contributed by atoms with Gasteiger partial charge >= 0.3 is 6.03 Å². The second-order valence-electron chi connectivity index (χ2n) is 7.20. The maximum Gasteiger partial charge on any atom is 0.317 e. The number of nitrogens with one attached hydrogen (secondary N) is 2. The Balaban J connectivity index is 1.37. The molecule has 1 saturated heterocycles. The van der Waals surface area contributed by atoms with E-state index in [0.717, 1.165) is 30.3 Å². The fraction of sp³-hybridized carbons (Fsp3) is 0.526. The first-order valence-corrected chi connectivity index (χ1v) is 9.48. The number of imidazole rings is 1. The summed E-state index contributed by atoms with van der Waals surface area (Å²) in [6, 6.07) is 5.87. The molecule has 0 spiro atoms. The third-order valence-electron chi connectivity index (χ3n) is 5.42. The predicted octanol–water partition coefficient (Wildman–Crippen LogP) is 2.36. The number of hydrogen-bond donors (Lipinski definition) is 2. The molecule has 2 fully saturated rings. The van der Waals surface area contributed by atoms with Gasteiger partial charge in [-0.2, -0.15) is 0 Å². The number of carbonyl (C=O) groups is 2. The van der Waals surface area contributed by atoms with E-state index in [2.05, 4.69) is 15.3 Å². The van der Waals surface area contributed by atoms with E-state index in [-0.39, 0.29) is 11.9 Å². The van der Waals surface area contributed by atoms with Crippen molar-refractivity contribution in [1.82, 2.24) is 25.1 Å². The molecule has 1 aliphatic heterocycles. The summed E-state index contributed by atoms with van der Waals surface area (Å²) < 4.78 is 0. The van der Waals surface area contributed by atoms with E-state index in [9.17, 15) is 9.59 Å². The van der Waals surface area contributed by atoms with Gasteiger partial charge in [-0.3, -0.25) is 4.79 Å². The number of hydrogen-bond acceptors (Lipinski definition) is 3. The lowest BCUT2D eigenvalue weighted by atomic mass is 10.1. The monoisotopic (exact) mass is 355 g/mol. The predicted molar refractivity (Wildman–Crippen MR) is 99.0 cm³/mol. The van der Waals surface area contributed by atoms with Crippen molar-refractivity contribution >= 4 is 23.0 Å². The average molecular weight is 355 g/mol. The van der Waals surface area contributed by atoms with Gasteiger partial charge in [0.05, 0.1) is 17.4 Å². The van der Waals surface area contributed by atoms with Gasteiger partial charge in [-0.25, -0.2) is 9.78 Å². The minimum Gasteiger partial charge on any atom is -0.345 e. The topological polar surface area (TPSA) is 81.3 Å². The summed E-state index contributed by atoms with van der Waals surface area (Å²) in [5, 5.41) is 3.14. The number of urea groups is 1. The van der Waals surface area contributed by atoms with Crippen LogP contribution in [0.15, 0.2) is 24.5 Å². The van der Waals surface area contributed by atoms with Gasteiger partial charge in [-0.05, 0) is 37.5 Å². The van der Waals surface area contributed by atoms with Gasteiger partial charge < -0.3 is 20.1 Å². The highest BCUT2D eigenvalue weighted by Gasteiger charge is 2.25. The number of benzene rings is 1. The molecule has 1 aliphatic carbocycles. The van der Waals surface area contributed by atoms with Crippen LogP contribution in [0.2, 0.25) is 0 Å². The van der Waals surface area contributed by atoms with E-state index >= 15 is 0 Å². The van der Waals surface area contributed by atoms with E-state index in [1.54, 1.807) is 6.33 Å². The Morgan fingerprint density at radius 2 is 1.81 bits per heavy atom. The summed E-state index contributed by atoms with van der Waals surface area (Å²) in [5.74, 6) is 0.0135. The van der Waals surface area contributed by atoms with Crippen molar-refractivity contribution in [3.05, 3.63) is 30.1 Å². The molecule has 2 N–H and O–H groups in total. The summed E-state index contributed by atoms with van der Waals surface area (Å²) in [4.78, 5) is 36.2. The molecular weight excluding hydrogens is 330 g/mol. The highest BCUT2D eigenvalue weighted by Crippen LogP contribution is 2.18. The summed E-state index contributed by atoms with van der Waals surface area (Å²) in [5.41, 5.74) is 2.38. The molecule has 7 nitrogen and oxygen atoms in total. The largest absolute Gasteiger partial charge is 0.345 e. The van der Waals surface area contributed by atoms with Crippen LogP contribution in [0.5, 0.6) is 0 Å². The van der Waals surface area contributed by atoms with Crippen molar-refractivity contribution in [3.8, 4) is 0 Å². The van der Waals surface area contributed by atoms with Gasteiger partial charge in [0.25, 0.3) is 5.91 Å². The Labute approximate surface area is 152 Å². The molecule has 2 aromatic rings. The lowest BCUT2D eigenvalue weighted by Gasteiger charge is -2.24. The van der Waals surface area contributed by atoms with Crippen LogP contribution in [0.4, 0.5) is 4.79 Å². The number of aromatic amines is 1. The molecule has 4 rings (SSSR count). The van der Waals surface area contributed by atoms with Gasteiger partial charge in [-0.15, -0.1) is 0 Å². The third-order valence-corrected chi connectivity index (χ3v) is 5.42. The molecule has 138 valence electrons. The minimum absolute atomic E-state index is 0.0135. The van der Waals surface area contributed by atoms with Crippen LogP contribution < -0.4 is 5.32 Å². The van der Waals surface area contributed by atoms with Gasteiger partial charge in [0.2, 0.25) is 0 Å². The smallest absolute Gasteiger partial charge is 0.317 e. The molecule has 1 aromatic heterocycles. The van der Waals surface area contributed by atoms with Gasteiger partial charge in [-0.1, -0.05) is 12.8 Å². The van der Waals surface area contributed by atoms with Crippen molar-refractivity contribution in [3.63, 3.8) is 0 Å². The lowest BCUT2D eigenvalue weighted by Crippen LogP contribution is -2.45. The molecule has 1 aromatic carbocycles. The number of amides is 3. The summed E-state index contributed by atoms with van der Waals surface area (Å²) in [6.07, 6.45) is 7.00. The molecule has 0 unspecified atom stereocenters. The van der Waals surface area contributed by atoms with Crippen LogP contribution in [0.1, 0.15) is 42.5 Å². The highest BCUT2D eigenvalue weighted by atomic mass is 16.2. The Morgan fingerprint density at radius 1 is 1.04 bits per heavy atom. The van der Waals surface area contributed by atoms with E-state index in [1.165, 1.54) is 12.8 Å². The maximum absolute atomic E-state index is 12.8. The van der Waals surface area contributed by atoms with E-state index in [0.29, 0.717) is 37.8 Å². The van der Waals surface area contributed by atoms with Crippen molar-refractivity contribution in [2.45, 2.75) is 38.1 Å². The van der Waals surface area contributed by atoms with Crippen molar-refractivity contribution < 1.29 is 9.59 Å². The Kier molecular flexibility index (Phi) is 4.77. The maximum atomic E-state index is 12.8. The first-order chi connectivity index (χ1) is 12.7. The third kappa shape index (κ3) is 3.52. The second kappa shape index (κ2) is 7.35. The average Bonchev–Trinajstić information content (AvgIpc) is 3.27. The molecule has 1 saturated carbocycles. The second-order valence-corrected chi connectivity index (χ2v) is 7.20. The zero-order chi connectivity index (χ0) is 17.9. The Morgan fingerprint density at radius 3 is 2.65 bits per heavy atom. The van der Waals surface area contributed by atoms with Crippen LogP contribution in [-0.2, 0) is 0 Å². The van der Waals surface area contributed by atoms with Crippen molar-refractivity contribution in [1.29, 1.82) is 0 Å². The van der Waals surface area contributed by atoms with Crippen LogP contribution in [0, 0.1) is 0 Å². The minimum atomic E-state index is 0.0135. The van der Waals surface area contributed by atoms with Crippen molar-refractivity contribution in [2.24, 2.45) is 0 Å². The number of nitrogens with zero attached hydrogens (tertiary/aromatic N) is 3. The fourth-order valence-electron chi connectivity index (χ4n) is 3.91. The lowest BCUT2D eigenvalue weighted by molar-refractivity contribution is 0.0762. The molecule has 2 aliphatic rings. The van der Waals surface area contributed by atoms with Gasteiger partial charge in [0, 0.05) is 37.8 Å². The number of H-pyrrole nitrogens is 1. The fourth-order valence-corrected chi connectivity index (χ4v) is 3.91. The van der Waals surface area contributed by atoms with Crippen molar-refractivity contribution in [2.75, 3.05) is 26.2 Å². The Bertz CT molecular complexity index is 796. The SMILES string of the molecule is O=C(NC1CCCC1)N1CCCN(C(=O)c2ccc3nc[nH]c3c2)CC1. The van der Waals surface area contributed by atoms with Gasteiger partial charge in [0.1, 0.15) is 0 Å². The van der Waals surface area contributed by atoms with E-state index in [4.69, 9.17) is 0 Å². The normalized spacial score (nSPS) is 18.9. The molecular formula is C19H25N5O2. The summed E-state index contributed by atoms with van der Waals surface area (Å²) in [6.45, 7) is 2.52. The quantitative estimate of drug-likeness (QED) is 0.868. The summed E-state index contributed by atoms with van der Waals surface area (Å²) in [7, 11) is 0. The Hall–Kier alpha value is -2.57. The molecule has 0 bridgehead atoms. The zero-order valence-corrected chi connectivity index (χ0v) is 14.9. The molecule has 7 heteroatoms. The number of fused-ring (bicyclic) bond motifs is 1. The van der Waals surface area contributed by atoms with E-state index < -0.39 is 0 Å². The number of carbonyl (C=O) groups excluding carboxylic acids is 2. The standard InChI is InChI=1S/C19H25N5O2/c25-18(14-6-7-16-17(12-14)21-13-20-16)23-8-3-9-24(11-10-23)19(26)22-15-4-1-2-5-15/h6-7,12-13,15H,1-5,8-11H2,(H,20,21)(H,22,26). The first kappa shape index (κ1) is 16.9. The first-order valence-electron chi connectivity index (χ1n) is 9.48. The molecule has 2 heterocycles. The van der Waals surface area contributed by atoms with Crippen LogP contribution in [0.3, 0.4) is 0 Å². The highest BCUT2D eigenvalue weighted by molar-refractivity contribution is 5.97. The molecule has 0 radical (unpaired) electrons. The molecule has 0 atom stereocenters.